The Morgan fingerprint density at radius 1 is 1.37 bits per heavy atom. The minimum Gasteiger partial charge on any atom is -0.375 e. The van der Waals surface area contributed by atoms with Crippen LogP contribution in [0.4, 0.5) is 15.3 Å². The topological polar surface area (TPSA) is 101 Å². The number of allylic oxidation sites excluding steroid dienone is 1. The minimum absolute atomic E-state index is 0.0123. The van der Waals surface area contributed by atoms with Crippen molar-refractivity contribution in [3.63, 3.8) is 0 Å². The molecule has 200 valence electrons. The summed E-state index contributed by atoms with van der Waals surface area (Å²) >= 11 is 9.68. The Balaban J connectivity index is 1.62. The summed E-state index contributed by atoms with van der Waals surface area (Å²) in [5.41, 5.74) is 7.22. The molecule has 3 aliphatic rings. The summed E-state index contributed by atoms with van der Waals surface area (Å²) in [5.74, 6) is 0.893. The first-order valence-electron chi connectivity index (χ1n) is 12.7. The van der Waals surface area contributed by atoms with Crippen LogP contribution in [0, 0.1) is 0 Å². The molecule has 2 bridgehead atoms. The Kier molecular flexibility index (Phi) is 6.98. The molecule has 38 heavy (non-hydrogen) atoms. The number of nitrogens with one attached hydrogen (secondary N) is 2. The fraction of sp³-hybridized carbons (Fsp3) is 0.423. The molecule has 6 rings (SSSR count). The van der Waals surface area contributed by atoms with Gasteiger partial charge < -0.3 is 21.3 Å². The van der Waals surface area contributed by atoms with Crippen LogP contribution < -0.4 is 36.8 Å². The van der Waals surface area contributed by atoms with Crippen LogP contribution in [0.5, 0.6) is 0 Å². The third-order valence-corrected chi connectivity index (χ3v) is 9.98. The molecule has 1 aromatic carbocycles. The van der Waals surface area contributed by atoms with Gasteiger partial charge in [-0.2, -0.15) is 4.98 Å². The molecule has 4 N–H and O–H groups in total. The summed E-state index contributed by atoms with van der Waals surface area (Å²) in [7, 11) is 1.91. The van der Waals surface area contributed by atoms with Crippen LogP contribution in [0.2, 0.25) is 5.02 Å². The largest absolute Gasteiger partial charge is 0.375 e. The van der Waals surface area contributed by atoms with E-state index in [-0.39, 0.29) is 16.9 Å². The van der Waals surface area contributed by atoms with Gasteiger partial charge in [0.1, 0.15) is 11.6 Å². The lowest BCUT2D eigenvalue weighted by atomic mass is 10.1. The van der Waals surface area contributed by atoms with Crippen LogP contribution in [0.25, 0.3) is 22.8 Å². The Bertz CT molecular complexity index is 1610. The van der Waals surface area contributed by atoms with E-state index in [0.29, 0.717) is 44.1 Å². The molecule has 0 radical (unpaired) electrons. The summed E-state index contributed by atoms with van der Waals surface area (Å²) in [4.78, 5) is 25.8. The smallest absolute Gasteiger partial charge is 0.350 e. The average Bonchev–Trinajstić information content (AvgIpc) is 3.45. The van der Waals surface area contributed by atoms with Crippen molar-refractivity contribution in [2.45, 2.75) is 42.3 Å². The second kappa shape index (κ2) is 10.3. The number of aromatic nitrogens is 3. The standard InChI is InChI=1S/C26H29ClFN7OS2/c1-3-19(28)23-20(32-25(29)38-23)9-16-18(27)8-17-21-22(16)37-12-15(6-7-30-2)35(21)26(36)33-24(17)34-10-13-4-5-14(11-34)31-13/h3,8-9,13-15,30-31H,1,4-7,10-12H2,2H3,(H2,29,32)/b20-9-,23-19-. The number of thiazole rings is 1. The molecular weight excluding hydrogens is 545 g/mol. The molecule has 0 spiro atoms. The van der Waals surface area contributed by atoms with Gasteiger partial charge in [-0.1, -0.05) is 29.5 Å². The maximum absolute atomic E-state index is 14.6. The van der Waals surface area contributed by atoms with Gasteiger partial charge >= 0.3 is 5.69 Å². The monoisotopic (exact) mass is 573 g/mol. The molecule has 3 unspecified atom stereocenters. The first-order valence-corrected chi connectivity index (χ1v) is 14.9. The molecule has 5 heterocycles. The zero-order chi connectivity index (χ0) is 26.6. The van der Waals surface area contributed by atoms with Gasteiger partial charge in [0, 0.05) is 57.8 Å². The molecule has 0 saturated carbocycles. The van der Waals surface area contributed by atoms with Crippen molar-refractivity contribution in [3.05, 3.63) is 49.7 Å². The van der Waals surface area contributed by atoms with E-state index >= 15 is 0 Å². The number of fused-ring (bicyclic) bond motifs is 2. The van der Waals surface area contributed by atoms with Gasteiger partial charge in [0.25, 0.3) is 0 Å². The Hall–Kier alpha value is -2.44. The van der Waals surface area contributed by atoms with Gasteiger partial charge in [0.2, 0.25) is 0 Å². The number of nitrogens with zero attached hydrogens (tertiary/aromatic N) is 4. The number of hydrogen-bond donors (Lipinski definition) is 3. The summed E-state index contributed by atoms with van der Waals surface area (Å²) < 4.78 is 16.7. The number of piperazine rings is 1. The Morgan fingerprint density at radius 3 is 2.84 bits per heavy atom. The van der Waals surface area contributed by atoms with Gasteiger partial charge in [-0.3, -0.25) is 4.57 Å². The van der Waals surface area contributed by atoms with Crippen molar-refractivity contribution >= 4 is 68.5 Å². The maximum atomic E-state index is 14.6. The van der Waals surface area contributed by atoms with Crippen molar-refractivity contribution < 1.29 is 4.39 Å². The number of rotatable bonds is 6. The van der Waals surface area contributed by atoms with Crippen molar-refractivity contribution in [2.75, 3.05) is 43.1 Å². The minimum atomic E-state index is -0.493. The van der Waals surface area contributed by atoms with Crippen LogP contribution in [0.3, 0.4) is 0 Å². The van der Waals surface area contributed by atoms with Crippen LogP contribution in [0.15, 0.2) is 28.4 Å². The molecule has 3 aromatic rings. The number of hydrogen-bond acceptors (Lipinski definition) is 9. The molecule has 12 heteroatoms. The number of benzene rings is 1. The lowest BCUT2D eigenvalue weighted by Crippen LogP contribution is -2.52. The molecule has 2 saturated heterocycles. The fourth-order valence-electron chi connectivity index (χ4n) is 5.80. The van der Waals surface area contributed by atoms with Gasteiger partial charge in [-0.15, -0.1) is 11.8 Å². The highest BCUT2D eigenvalue weighted by Gasteiger charge is 2.35. The van der Waals surface area contributed by atoms with E-state index in [4.69, 9.17) is 17.3 Å². The normalized spacial score (nSPS) is 23.8. The zero-order valence-corrected chi connectivity index (χ0v) is 23.4. The second-order valence-corrected chi connectivity index (χ2v) is 12.4. The average molecular weight is 574 g/mol. The van der Waals surface area contributed by atoms with Crippen LogP contribution in [0.1, 0.15) is 30.9 Å². The summed E-state index contributed by atoms with van der Waals surface area (Å²) in [6.45, 7) is 5.93. The quantitative estimate of drug-likeness (QED) is 0.413. The molecule has 0 amide bonds. The number of nitrogens with two attached hydrogens (primary N) is 1. The molecule has 3 atom stereocenters. The number of halogens is 2. The summed E-state index contributed by atoms with van der Waals surface area (Å²) in [5, 5.41) is 8.85. The van der Waals surface area contributed by atoms with E-state index in [1.165, 1.54) is 0 Å². The van der Waals surface area contributed by atoms with E-state index in [9.17, 15) is 9.18 Å². The SMILES string of the molecule is C=C/C(F)=c1/sc(N)n/c1=C\c1c(Cl)cc2c(N3CC4CCC(C3)N4)nc(=O)n3c2c1SCC3CCNC. The summed E-state index contributed by atoms with van der Waals surface area (Å²) in [6.07, 6.45) is 5.96. The van der Waals surface area contributed by atoms with Crippen LogP contribution >= 0.6 is 34.7 Å². The van der Waals surface area contributed by atoms with E-state index < -0.39 is 5.83 Å². The molecule has 8 nitrogen and oxygen atoms in total. The predicted molar refractivity (Wildman–Crippen MR) is 156 cm³/mol. The van der Waals surface area contributed by atoms with E-state index in [1.807, 2.05) is 17.7 Å². The highest BCUT2D eigenvalue weighted by Crippen LogP contribution is 2.44. The predicted octanol–water partition coefficient (Wildman–Crippen LogP) is 2.38. The first-order chi connectivity index (χ1) is 18.4. The number of anilines is 2. The van der Waals surface area contributed by atoms with Crippen molar-refractivity contribution in [2.24, 2.45) is 0 Å². The lowest BCUT2D eigenvalue weighted by molar-refractivity contribution is 0.460. The summed E-state index contributed by atoms with van der Waals surface area (Å²) in [6, 6.07) is 2.68. The molecule has 3 aliphatic heterocycles. The Morgan fingerprint density at radius 2 is 2.13 bits per heavy atom. The highest BCUT2D eigenvalue weighted by molar-refractivity contribution is 7.99. The van der Waals surface area contributed by atoms with Crippen molar-refractivity contribution in [1.82, 2.24) is 25.2 Å². The van der Waals surface area contributed by atoms with Crippen LogP contribution in [-0.4, -0.2) is 59.1 Å². The van der Waals surface area contributed by atoms with Gasteiger partial charge in [0.05, 0.1) is 15.4 Å². The zero-order valence-electron chi connectivity index (χ0n) is 21.0. The first kappa shape index (κ1) is 25.8. The van der Waals surface area contributed by atoms with Gasteiger partial charge in [0.15, 0.2) is 5.13 Å². The van der Waals surface area contributed by atoms with Crippen LogP contribution in [-0.2, 0) is 0 Å². The third-order valence-electron chi connectivity index (χ3n) is 7.51. The third kappa shape index (κ3) is 4.44. The second-order valence-electron chi connectivity index (χ2n) is 9.95. The molecular formula is C26H29ClFN7OS2. The molecule has 2 fully saturated rings. The van der Waals surface area contributed by atoms with E-state index in [2.05, 4.69) is 32.1 Å². The number of nitrogen functional groups attached to an aromatic ring is 1. The fourth-order valence-corrected chi connectivity index (χ4v) is 8.20. The molecule has 0 aliphatic carbocycles. The van der Waals surface area contributed by atoms with Crippen molar-refractivity contribution in [3.8, 4) is 0 Å². The van der Waals surface area contributed by atoms with Crippen molar-refractivity contribution in [1.29, 1.82) is 0 Å². The van der Waals surface area contributed by atoms with Gasteiger partial charge in [-0.25, -0.2) is 14.2 Å². The number of thioether (sulfide) groups is 1. The maximum Gasteiger partial charge on any atom is 0.350 e. The lowest BCUT2D eigenvalue weighted by Gasteiger charge is -2.36. The Labute approximate surface area is 232 Å². The van der Waals surface area contributed by atoms with Gasteiger partial charge in [-0.05, 0) is 51.1 Å². The van der Waals surface area contributed by atoms with E-state index in [0.717, 1.165) is 72.1 Å². The van der Waals surface area contributed by atoms with E-state index in [1.54, 1.807) is 17.8 Å². The highest BCUT2D eigenvalue weighted by atomic mass is 35.5. The molecule has 2 aromatic heterocycles.